The average Bonchev–Trinajstić information content (AvgIpc) is 2.47. The fraction of sp³-hybridized carbons (Fsp3) is 0.429. The second kappa shape index (κ2) is 6.25. The van der Waals surface area contributed by atoms with Gasteiger partial charge in [-0.15, -0.1) is 0 Å². The first-order chi connectivity index (χ1) is 10.3. The molecule has 0 radical (unpaired) electrons. The van der Waals surface area contributed by atoms with Crippen LogP contribution < -0.4 is 9.63 Å². The Balaban J connectivity index is 1.97. The molecular formula is C14H16F3N3O2. The highest BCUT2D eigenvalue weighted by Crippen LogP contribution is 2.19. The quantitative estimate of drug-likeness (QED) is 0.471. The zero-order chi connectivity index (χ0) is 16.3. The number of alkyl halides is 3. The number of hydrogen-bond acceptors (Lipinski definition) is 3. The van der Waals surface area contributed by atoms with Gasteiger partial charge in [-0.25, -0.2) is 0 Å². The second-order valence-electron chi connectivity index (χ2n) is 4.99. The van der Waals surface area contributed by atoms with Crippen LogP contribution >= 0.6 is 0 Å². The summed E-state index contributed by atoms with van der Waals surface area (Å²) in [5, 5.41) is 11.5. The Morgan fingerprint density at radius 2 is 1.95 bits per heavy atom. The number of piperazine rings is 1. The van der Waals surface area contributed by atoms with Gasteiger partial charge in [0.05, 0.1) is 0 Å². The highest BCUT2D eigenvalue weighted by atomic mass is 19.4. The highest BCUT2D eigenvalue weighted by molar-refractivity contribution is 5.87. The molecule has 1 saturated heterocycles. The van der Waals surface area contributed by atoms with E-state index in [0.717, 1.165) is 10.4 Å². The smallest absolute Gasteiger partial charge is 0.409 e. The van der Waals surface area contributed by atoms with E-state index in [1.165, 1.54) is 11.1 Å². The number of pyridine rings is 1. The molecule has 0 atom stereocenters. The average molecular weight is 315 g/mol. The maximum absolute atomic E-state index is 12.1. The Hall–Kier alpha value is -2.25. The van der Waals surface area contributed by atoms with E-state index in [2.05, 4.69) is 0 Å². The molecule has 2 rings (SSSR count). The first-order valence-electron chi connectivity index (χ1n) is 6.76. The molecule has 0 aromatic carbocycles. The lowest BCUT2D eigenvalue weighted by Gasteiger charge is -2.35. The Labute approximate surface area is 125 Å². The van der Waals surface area contributed by atoms with Crippen LogP contribution in [0.2, 0.25) is 0 Å². The van der Waals surface area contributed by atoms with Crippen molar-refractivity contribution >= 4 is 11.6 Å². The summed E-state index contributed by atoms with van der Waals surface area (Å²) in [6.07, 6.45) is -2.58. The molecule has 1 amide bonds. The molecular weight excluding hydrogens is 299 g/mol. The topological polar surface area (TPSA) is 50.5 Å². The minimum atomic E-state index is -4.49. The molecule has 1 aromatic heterocycles. The van der Waals surface area contributed by atoms with Crippen LogP contribution in [0.5, 0.6) is 0 Å². The van der Waals surface area contributed by atoms with Gasteiger partial charge in [0, 0.05) is 51.3 Å². The van der Waals surface area contributed by atoms with Crippen LogP contribution in [-0.2, 0) is 4.79 Å². The fourth-order valence-electron chi connectivity index (χ4n) is 2.33. The number of anilines is 1. The molecule has 0 spiro atoms. The van der Waals surface area contributed by atoms with Gasteiger partial charge in [-0.1, -0.05) is 0 Å². The van der Waals surface area contributed by atoms with Gasteiger partial charge in [-0.05, 0) is 6.07 Å². The Bertz CT molecular complexity index is 579. The summed E-state index contributed by atoms with van der Waals surface area (Å²) in [7, 11) is 0. The number of carbonyl (C=O) groups excluding carboxylic acids is 1. The highest BCUT2D eigenvalue weighted by Gasteiger charge is 2.26. The van der Waals surface area contributed by atoms with Crippen molar-refractivity contribution in [3.05, 3.63) is 41.4 Å². The zero-order valence-electron chi connectivity index (χ0n) is 12.0. The third kappa shape index (κ3) is 3.90. The monoisotopic (exact) mass is 315 g/mol. The van der Waals surface area contributed by atoms with Gasteiger partial charge < -0.3 is 15.0 Å². The van der Waals surface area contributed by atoms with Crippen LogP contribution in [-0.4, -0.2) is 43.2 Å². The first kappa shape index (κ1) is 16.1. The van der Waals surface area contributed by atoms with E-state index >= 15 is 0 Å². The molecule has 1 aliphatic heterocycles. The van der Waals surface area contributed by atoms with E-state index in [0.29, 0.717) is 37.9 Å². The first-order valence-corrected chi connectivity index (χ1v) is 6.76. The van der Waals surface area contributed by atoms with E-state index in [1.54, 1.807) is 13.0 Å². The largest absolute Gasteiger partial charge is 0.618 e. The van der Waals surface area contributed by atoms with E-state index in [1.807, 2.05) is 11.0 Å². The van der Waals surface area contributed by atoms with Crippen molar-refractivity contribution < 1.29 is 22.7 Å². The summed E-state index contributed by atoms with van der Waals surface area (Å²) in [5.74, 6) is -0.652. The normalized spacial score (nSPS) is 16.4. The van der Waals surface area contributed by atoms with E-state index in [-0.39, 0.29) is 6.08 Å². The summed E-state index contributed by atoms with van der Waals surface area (Å²) in [6, 6.07) is 3.45. The molecule has 0 N–H and O–H groups in total. The summed E-state index contributed by atoms with van der Waals surface area (Å²) in [6.45, 7) is 3.27. The van der Waals surface area contributed by atoms with Crippen LogP contribution in [0.25, 0.3) is 0 Å². The number of carbonyl (C=O) groups is 1. The Morgan fingerprint density at radius 3 is 2.55 bits per heavy atom. The summed E-state index contributed by atoms with van der Waals surface area (Å²) >= 11 is 0. The molecule has 1 aromatic rings. The molecule has 5 nitrogen and oxygen atoms in total. The van der Waals surface area contributed by atoms with Crippen molar-refractivity contribution in [2.45, 2.75) is 13.1 Å². The van der Waals surface area contributed by atoms with E-state index in [4.69, 9.17) is 0 Å². The molecule has 22 heavy (non-hydrogen) atoms. The van der Waals surface area contributed by atoms with Gasteiger partial charge >= 0.3 is 6.18 Å². The molecule has 2 heterocycles. The van der Waals surface area contributed by atoms with Crippen molar-refractivity contribution in [3.63, 3.8) is 0 Å². The van der Waals surface area contributed by atoms with E-state index < -0.39 is 12.1 Å². The Kier molecular flexibility index (Phi) is 4.58. The molecule has 0 bridgehead atoms. The van der Waals surface area contributed by atoms with E-state index in [9.17, 15) is 23.2 Å². The van der Waals surface area contributed by atoms with Crippen molar-refractivity contribution in [2.24, 2.45) is 0 Å². The number of hydrogen-bond donors (Lipinski definition) is 0. The Morgan fingerprint density at radius 1 is 1.32 bits per heavy atom. The van der Waals surface area contributed by atoms with Gasteiger partial charge in [0.1, 0.15) is 5.69 Å². The lowest BCUT2D eigenvalue weighted by Crippen LogP contribution is -2.49. The second-order valence-corrected chi connectivity index (χ2v) is 4.99. The molecule has 120 valence electrons. The molecule has 0 unspecified atom stereocenters. The lowest BCUT2D eigenvalue weighted by molar-refractivity contribution is -0.611. The van der Waals surface area contributed by atoms with Gasteiger partial charge in [0.15, 0.2) is 6.20 Å². The number of amides is 1. The molecule has 0 aliphatic carbocycles. The minimum Gasteiger partial charge on any atom is -0.618 e. The van der Waals surface area contributed by atoms with Crippen molar-refractivity contribution in [3.8, 4) is 0 Å². The number of rotatable bonds is 2. The summed E-state index contributed by atoms with van der Waals surface area (Å²) < 4.78 is 36.9. The third-order valence-electron chi connectivity index (χ3n) is 3.52. The van der Waals surface area contributed by atoms with Crippen molar-refractivity contribution in [1.29, 1.82) is 0 Å². The molecule has 1 aliphatic rings. The van der Waals surface area contributed by atoms with Crippen LogP contribution in [0.4, 0.5) is 18.9 Å². The lowest BCUT2D eigenvalue weighted by atomic mass is 10.2. The van der Waals surface area contributed by atoms with Gasteiger partial charge in [0.2, 0.25) is 11.6 Å². The maximum Gasteiger partial charge on any atom is 0.409 e. The van der Waals surface area contributed by atoms with Crippen LogP contribution in [0, 0.1) is 12.1 Å². The standard InChI is InChI=1S/C14H16F3N3O2/c1-11-12(3-2-6-20(11)22)18-7-9-19(10-8-18)13(21)4-5-14(15,16)17/h2-6H,7-10H2,1H3. The zero-order valence-corrected chi connectivity index (χ0v) is 12.0. The van der Waals surface area contributed by atoms with Gasteiger partial charge in [-0.3, -0.25) is 4.79 Å². The number of nitrogens with zero attached hydrogens (tertiary/aromatic N) is 3. The molecule has 8 heteroatoms. The molecule has 0 saturated carbocycles. The fourth-order valence-corrected chi connectivity index (χ4v) is 2.33. The van der Waals surface area contributed by atoms with Crippen molar-refractivity contribution in [2.75, 3.05) is 31.1 Å². The third-order valence-corrected chi connectivity index (χ3v) is 3.52. The summed E-state index contributed by atoms with van der Waals surface area (Å²) in [5.41, 5.74) is 1.33. The SMILES string of the molecule is Cc1c(N2CCN(C(=O)C=CC(F)(F)F)CC2)ccc[n+]1[O-]. The van der Waals surface area contributed by atoms with Crippen molar-refractivity contribution in [1.82, 2.24) is 4.90 Å². The van der Waals surface area contributed by atoms with Crippen LogP contribution in [0.1, 0.15) is 5.69 Å². The predicted octanol–water partition coefficient (Wildman–Crippen LogP) is 1.40. The maximum atomic E-state index is 12.1. The minimum absolute atomic E-state index is 0.0522. The number of aromatic nitrogens is 1. The van der Waals surface area contributed by atoms with Gasteiger partial charge in [-0.2, -0.15) is 17.9 Å². The number of halogens is 3. The summed E-state index contributed by atoms with van der Waals surface area (Å²) in [4.78, 5) is 15.0. The van der Waals surface area contributed by atoms with Crippen LogP contribution in [0.15, 0.2) is 30.5 Å². The van der Waals surface area contributed by atoms with Gasteiger partial charge in [0.25, 0.3) is 0 Å². The number of allylic oxidation sites excluding steroid dienone is 1. The molecule has 1 fully saturated rings. The van der Waals surface area contributed by atoms with Crippen LogP contribution in [0.3, 0.4) is 0 Å². The predicted molar refractivity (Wildman–Crippen MR) is 74.1 cm³/mol.